The molecular formula is C24H27F2N7O2. The number of pyridine rings is 2. The predicted octanol–water partition coefficient (Wildman–Crippen LogP) is 3.87. The molecule has 0 aromatic carbocycles. The van der Waals surface area contributed by atoms with E-state index in [1.54, 1.807) is 6.07 Å². The molecule has 35 heavy (non-hydrogen) atoms. The van der Waals surface area contributed by atoms with Crippen LogP contribution in [-0.2, 0) is 10.7 Å². The van der Waals surface area contributed by atoms with Crippen LogP contribution in [0.1, 0.15) is 35.6 Å². The van der Waals surface area contributed by atoms with Crippen LogP contribution >= 0.6 is 0 Å². The number of alkyl halides is 2. The Morgan fingerprint density at radius 3 is 2.66 bits per heavy atom. The molecular weight excluding hydrogens is 456 g/mol. The van der Waals surface area contributed by atoms with Crippen LogP contribution in [-0.4, -0.2) is 58.7 Å². The number of nitrogens with one attached hydrogen (secondary N) is 2. The van der Waals surface area contributed by atoms with Crippen LogP contribution in [0.5, 0.6) is 0 Å². The first-order chi connectivity index (χ1) is 16.7. The van der Waals surface area contributed by atoms with Crippen LogP contribution in [0.25, 0.3) is 11.3 Å². The van der Waals surface area contributed by atoms with Crippen molar-refractivity contribution in [3.8, 4) is 11.3 Å². The Morgan fingerprint density at radius 1 is 1.17 bits per heavy atom. The molecule has 0 aliphatic carbocycles. The van der Waals surface area contributed by atoms with E-state index in [0.717, 1.165) is 37.5 Å². The maximum atomic E-state index is 13.6. The highest BCUT2D eigenvalue weighted by Crippen LogP contribution is 2.29. The van der Waals surface area contributed by atoms with Crippen LogP contribution in [0.3, 0.4) is 0 Å². The van der Waals surface area contributed by atoms with E-state index < -0.39 is 17.5 Å². The van der Waals surface area contributed by atoms with E-state index in [2.05, 4.69) is 35.5 Å². The summed E-state index contributed by atoms with van der Waals surface area (Å²) in [5.41, 5.74) is 2.09. The molecule has 0 bridgehead atoms. The fourth-order valence-corrected chi connectivity index (χ4v) is 3.64. The number of halogens is 2. The lowest BCUT2D eigenvalue weighted by Crippen LogP contribution is -2.37. The van der Waals surface area contributed by atoms with Crippen molar-refractivity contribution >= 4 is 23.4 Å². The Bertz CT molecular complexity index is 1210. The molecule has 11 heteroatoms. The second-order valence-electron chi connectivity index (χ2n) is 8.19. The van der Waals surface area contributed by atoms with Crippen LogP contribution in [0.4, 0.5) is 26.2 Å². The molecule has 1 fully saturated rings. The van der Waals surface area contributed by atoms with Crippen molar-refractivity contribution in [3.05, 3.63) is 53.6 Å². The maximum Gasteiger partial charge on any atom is 0.286 e. The predicted molar refractivity (Wildman–Crippen MR) is 129 cm³/mol. The van der Waals surface area contributed by atoms with Crippen molar-refractivity contribution in [3.63, 3.8) is 0 Å². The zero-order chi connectivity index (χ0) is 25.0. The molecule has 184 valence electrons. The van der Waals surface area contributed by atoms with Gasteiger partial charge in [-0.25, -0.2) is 4.98 Å². The Kier molecular flexibility index (Phi) is 7.15. The number of carbonyl (C=O) groups excluding carboxylic acids is 1. The van der Waals surface area contributed by atoms with Gasteiger partial charge in [-0.1, -0.05) is 0 Å². The minimum absolute atomic E-state index is 0.0738. The third-order valence-electron chi connectivity index (χ3n) is 5.48. The van der Waals surface area contributed by atoms with Crippen molar-refractivity contribution < 1.29 is 18.3 Å². The van der Waals surface area contributed by atoms with E-state index >= 15 is 0 Å². The van der Waals surface area contributed by atoms with E-state index in [1.807, 2.05) is 19.9 Å². The number of amides is 1. The summed E-state index contributed by atoms with van der Waals surface area (Å²) < 4.78 is 32.7. The highest BCUT2D eigenvalue weighted by molar-refractivity contribution is 6.04. The van der Waals surface area contributed by atoms with Gasteiger partial charge in [-0.15, -0.1) is 0 Å². The quantitative estimate of drug-likeness (QED) is 0.522. The molecule has 4 rings (SSSR count). The average molecular weight is 484 g/mol. The first kappa shape index (κ1) is 24.4. The van der Waals surface area contributed by atoms with Gasteiger partial charge in [0.15, 0.2) is 0 Å². The summed E-state index contributed by atoms with van der Waals surface area (Å²) in [6, 6.07) is 6.12. The van der Waals surface area contributed by atoms with Crippen molar-refractivity contribution in [1.82, 2.24) is 19.9 Å². The van der Waals surface area contributed by atoms with Gasteiger partial charge in [0, 0.05) is 55.6 Å². The van der Waals surface area contributed by atoms with E-state index in [0.29, 0.717) is 42.8 Å². The fourth-order valence-electron chi connectivity index (χ4n) is 3.64. The third kappa shape index (κ3) is 5.86. The number of aromatic nitrogens is 4. The normalized spacial score (nSPS) is 14.0. The summed E-state index contributed by atoms with van der Waals surface area (Å²) in [6.45, 7) is 7.90. The SMILES string of the molecule is CCNc1nc(-c2cc(NC(=O)c3ccnc(C(C)(F)F)c3)cnc2C)cc(N2CCOCC2)n1. The number of carbonyl (C=O) groups is 1. The first-order valence-electron chi connectivity index (χ1n) is 11.3. The topological polar surface area (TPSA) is 105 Å². The molecule has 9 nitrogen and oxygen atoms in total. The lowest BCUT2D eigenvalue weighted by atomic mass is 10.1. The fraction of sp³-hybridized carbons (Fsp3) is 0.375. The zero-order valence-corrected chi connectivity index (χ0v) is 19.8. The summed E-state index contributed by atoms with van der Waals surface area (Å²) in [7, 11) is 0. The van der Waals surface area contributed by atoms with Crippen molar-refractivity contribution in [2.75, 3.05) is 48.4 Å². The number of hydrogen-bond donors (Lipinski definition) is 2. The van der Waals surface area contributed by atoms with Gasteiger partial charge in [0.2, 0.25) is 5.95 Å². The zero-order valence-electron chi connectivity index (χ0n) is 19.8. The van der Waals surface area contributed by atoms with Gasteiger partial charge in [0.1, 0.15) is 11.5 Å². The smallest absolute Gasteiger partial charge is 0.286 e. The highest BCUT2D eigenvalue weighted by atomic mass is 19.3. The molecule has 2 N–H and O–H groups in total. The maximum absolute atomic E-state index is 13.6. The molecule has 4 heterocycles. The molecule has 1 aliphatic rings. The standard InChI is InChI=1S/C24H27F2N7O2/c1-4-27-23-31-19(13-21(32-23)33-7-9-35-10-8-33)18-12-17(14-29-15(18)2)30-22(34)16-5-6-28-20(11-16)24(3,25)26/h5-6,11-14H,4,7-10H2,1-3H3,(H,30,34)(H,27,31,32). The molecule has 3 aromatic rings. The molecule has 0 radical (unpaired) electrons. The number of morpholine rings is 1. The van der Waals surface area contributed by atoms with Crippen LogP contribution < -0.4 is 15.5 Å². The lowest BCUT2D eigenvalue weighted by Gasteiger charge is -2.28. The van der Waals surface area contributed by atoms with Crippen molar-refractivity contribution in [2.24, 2.45) is 0 Å². The highest BCUT2D eigenvalue weighted by Gasteiger charge is 2.27. The van der Waals surface area contributed by atoms with Gasteiger partial charge in [-0.2, -0.15) is 13.8 Å². The minimum Gasteiger partial charge on any atom is -0.378 e. The van der Waals surface area contributed by atoms with Gasteiger partial charge in [-0.05, 0) is 32.0 Å². The Balaban J connectivity index is 1.64. The van der Waals surface area contributed by atoms with Crippen LogP contribution in [0.15, 0.2) is 36.7 Å². The summed E-state index contributed by atoms with van der Waals surface area (Å²) in [5, 5.41) is 5.90. The molecule has 0 spiro atoms. The van der Waals surface area contributed by atoms with Gasteiger partial charge in [0.05, 0.1) is 30.8 Å². The summed E-state index contributed by atoms with van der Waals surface area (Å²) in [6.07, 6.45) is 2.71. The molecule has 1 aliphatic heterocycles. The van der Waals surface area contributed by atoms with Crippen molar-refractivity contribution in [2.45, 2.75) is 26.7 Å². The van der Waals surface area contributed by atoms with E-state index in [1.165, 1.54) is 18.5 Å². The molecule has 0 atom stereocenters. The second kappa shape index (κ2) is 10.3. The van der Waals surface area contributed by atoms with Crippen LogP contribution in [0.2, 0.25) is 0 Å². The summed E-state index contributed by atoms with van der Waals surface area (Å²) in [5.74, 6) is -2.43. The number of ether oxygens (including phenoxy) is 1. The number of nitrogens with zero attached hydrogens (tertiary/aromatic N) is 5. The van der Waals surface area contributed by atoms with Crippen LogP contribution in [0, 0.1) is 6.92 Å². The molecule has 1 saturated heterocycles. The minimum atomic E-state index is -3.15. The number of rotatable bonds is 7. The van der Waals surface area contributed by atoms with Gasteiger partial charge in [-0.3, -0.25) is 14.8 Å². The molecule has 0 saturated carbocycles. The molecule has 0 unspecified atom stereocenters. The Labute approximate surface area is 202 Å². The molecule has 3 aromatic heterocycles. The number of hydrogen-bond acceptors (Lipinski definition) is 8. The largest absolute Gasteiger partial charge is 0.378 e. The van der Waals surface area contributed by atoms with E-state index in [-0.39, 0.29) is 5.56 Å². The second-order valence-corrected chi connectivity index (χ2v) is 8.19. The van der Waals surface area contributed by atoms with E-state index in [4.69, 9.17) is 4.74 Å². The van der Waals surface area contributed by atoms with Crippen molar-refractivity contribution in [1.29, 1.82) is 0 Å². The Hall–Kier alpha value is -3.73. The molecule has 1 amide bonds. The van der Waals surface area contributed by atoms with Gasteiger partial charge >= 0.3 is 0 Å². The lowest BCUT2D eigenvalue weighted by molar-refractivity contribution is 0.0127. The van der Waals surface area contributed by atoms with Gasteiger partial charge < -0.3 is 20.3 Å². The summed E-state index contributed by atoms with van der Waals surface area (Å²) >= 11 is 0. The number of anilines is 3. The average Bonchev–Trinajstić information content (AvgIpc) is 2.85. The third-order valence-corrected chi connectivity index (χ3v) is 5.48. The Morgan fingerprint density at radius 2 is 1.94 bits per heavy atom. The van der Waals surface area contributed by atoms with E-state index in [9.17, 15) is 13.6 Å². The first-order valence-corrected chi connectivity index (χ1v) is 11.3. The summed E-state index contributed by atoms with van der Waals surface area (Å²) in [4.78, 5) is 32.2. The monoisotopic (exact) mass is 483 g/mol. The van der Waals surface area contributed by atoms with Gasteiger partial charge in [0.25, 0.3) is 11.8 Å². The number of aryl methyl sites for hydroxylation is 1.